The van der Waals surface area contributed by atoms with Crippen molar-refractivity contribution in [1.82, 2.24) is 5.32 Å². The van der Waals surface area contributed by atoms with Gasteiger partial charge in [0.1, 0.15) is 17.4 Å². The monoisotopic (exact) mass is 333 g/mol. The molecule has 1 unspecified atom stereocenters. The first kappa shape index (κ1) is 17.9. The van der Waals surface area contributed by atoms with E-state index in [0.717, 1.165) is 5.56 Å². The van der Waals surface area contributed by atoms with E-state index in [1.54, 1.807) is 24.3 Å². The minimum absolute atomic E-state index is 0.0406. The van der Waals surface area contributed by atoms with E-state index in [4.69, 9.17) is 4.74 Å². The van der Waals surface area contributed by atoms with Crippen molar-refractivity contribution in [1.29, 1.82) is 0 Å². The highest BCUT2D eigenvalue weighted by atomic mass is 19.1. The van der Waals surface area contributed by atoms with Crippen LogP contribution in [-0.2, 0) is 11.2 Å². The summed E-state index contributed by atoms with van der Waals surface area (Å²) >= 11 is 0. The molecule has 3 nitrogen and oxygen atoms in total. The van der Waals surface area contributed by atoms with Gasteiger partial charge in [0.15, 0.2) is 0 Å². The average molecular weight is 333 g/mol. The smallest absolute Gasteiger partial charge is 0.223 e. The van der Waals surface area contributed by atoms with Crippen LogP contribution >= 0.6 is 0 Å². The maximum absolute atomic E-state index is 12.9. The summed E-state index contributed by atoms with van der Waals surface area (Å²) in [5.74, 6) is -0.205. The lowest BCUT2D eigenvalue weighted by atomic mass is 10.0. The summed E-state index contributed by atoms with van der Waals surface area (Å²) in [6, 6.07) is 12.0. The van der Waals surface area contributed by atoms with Crippen LogP contribution in [0, 0.1) is 17.6 Å². The van der Waals surface area contributed by atoms with E-state index in [0.29, 0.717) is 31.7 Å². The summed E-state index contributed by atoms with van der Waals surface area (Å²) in [6.07, 6.45) is 1.23. The van der Waals surface area contributed by atoms with Crippen LogP contribution in [0.25, 0.3) is 0 Å². The Bertz CT molecular complexity index is 641. The molecule has 1 amide bonds. The van der Waals surface area contributed by atoms with Crippen LogP contribution in [-0.4, -0.2) is 19.1 Å². The van der Waals surface area contributed by atoms with Gasteiger partial charge in [0.2, 0.25) is 5.91 Å². The van der Waals surface area contributed by atoms with Crippen molar-refractivity contribution in [3.8, 4) is 5.75 Å². The molecule has 2 aromatic carbocycles. The van der Waals surface area contributed by atoms with Crippen LogP contribution < -0.4 is 10.1 Å². The number of carbonyl (C=O) groups excluding carboxylic acids is 1. The van der Waals surface area contributed by atoms with Crippen molar-refractivity contribution in [2.24, 2.45) is 5.92 Å². The van der Waals surface area contributed by atoms with Gasteiger partial charge in [0, 0.05) is 12.5 Å². The van der Waals surface area contributed by atoms with Crippen LogP contribution in [0.3, 0.4) is 0 Å². The minimum atomic E-state index is -0.301. The number of benzene rings is 2. The molecule has 24 heavy (non-hydrogen) atoms. The quantitative estimate of drug-likeness (QED) is 0.748. The Morgan fingerprint density at radius 1 is 1.04 bits per heavy atom. The number of nitrogens with one attached hydrogen (secondary N) is 1. The predicted octanol–water partition coefficient (Wildman–Crippen LogP) is 3.73. The first-order chi connectivity index (χ1) is 11.5. The zero-order valence-corrected chi connectivity index (χ0v) is 13.6. The maximum atomic E-state index is 12.9. The van der Waals surface area contributed by atoms with Crippen molar-refractivity contribution in [3.63, 3.8) is 0 Å². The van der Waals surface area contributed by atoms with Crippen LogP contribution in [0.5, 0.6) is 5.75 Å². The Kier molecular flexibility index (Phi) is 6.73. The molecule has 0 saturated heterocycles. The van der Waals surface area contributed by atoms with E-state index in [1.807, 2.05) is 6.92 Å². The van der Waals surface area contributed by atoms with Crippen molar-refractivity contribution in [2.45, 2.75) is 19.8 Å². The van der Waals surface area contributed by atoms with Gasteiger partial charge in [0.05, 0.1) is 6.61 Å². The SMILES string of the molecule is CC(Cc1ccc(F)cc1)C(=O)NCCCOc1ccc(F)cc1. The molecule has 0 fully saturated rings. The predicted molar refractivity (Wildman–Crippen MR) is 88.8 cm³/mol. The molecule has 2 rings (SSSR count). The second kappa shape index (κ2) is 9.01. The van der Waals surface area contributed by atoms with Crippen molar-refractivity contribution in [2.75, 3.05) is 13.2 Å². The Balaban J connectivity index is 1.63. The Morgan fingerprint density at radius 3 is 2.25 bits per heavy atom. The Morgan fingerprint density at radius 2 is 1.62 bits per heavy atom. The average Bonchev–Trinajstić information content (AvgIpc) is 2.58. The summed E-state index contributed by atoms with van der Waals surface area (Å²) < 4.78 is 31.1. The lowest BCUT2D eigenvalue weighted by Crippen LogP contribution is -2.31. The molecule has 0 aliphatic rings. The molecule has 5 heteroatoms. The molecule has 0 aromatic heterocycles. The van der Waals surface area contributed by atoms with Gasteiger partial charge in [0.25, 0.3) is 0 Å². The molecule has 128 valence electrons. The van der Waals surface area contributed by atoms with Gasteiger partial charge in [-0.15, -0.1) is 0 Å². The summed E-state index contributed by atoms with van der Waals surface area (Å²) in [5, 5.41) is 2.86. The van der Waals surface area contributed by atoms with E-state index >= 15 is 0 Å². The fourth-order valence-electron chi connectivity index (χ4n) is 2.25. The molecule has 2 aromatic rings. The van der Waals surface area contributed by atoms with Gasteiger partial charge >= 0.3 is 0 Å². The largest absolute Gasteiger partial charge is 0.494 e. The van der Waals surface area contributed by atoms with Gasteiger partial charge < -0.3 is 10.1 Å². The summed E-state index contributed by atoms with van der Waals surface area (Å²) in [5.41, 5.74) is 0.929. The minimum Gasteiger partial charge on any atom is -0.494 e. The second-order valence-corrected chi connectivity index (χ2v) is 5.68. The zero-order valence-electron chi connectivity index (χ0n) is 13.6. The number of rotatable bonds is 8. The van der Waals surface area contributed by atoms with E-state index in [2.05, 4.69) is 5.32 Å². The molecule has 1 atom stereocenters. The molecule has 0 saturated carbocycles. The third-order valence-corrected chi connectivity index (χ3v) is 3.61. The van der Waals surface area contributed by atoms with Gasteiger partial charge in [-0.3, -0.25) is 4.79 Å². The van der Waals surface area contributed by atoms with Crippen molar-refractivity contribution in [3.05, 3.63) is 65.7 Å². The number of hydrogen-bond acceptors (Lipinski definition) is 2. The fraction of sp³-hybridized carbons (Fsp3) is 0.316. The highest BCUT2D eigenvalue weighted by molar-refractivity contribution is 5.78. The van der Waals surface area contributed by atoms with Crippen LogP contribution in [0.2, 0.25) is 0 Å². The van der Waals surface area contributed by atoms with E-state index < -0.39 is 0 Å². The molecule has 0 bridgehead atoms. The first-order valence-electron chi connectivity index (χ1n) is 7.95. The van der Waals surface area contributed by atoms with E-state index in [-0.39, 0.29) is 23.5 Å². The van der Waals surface area contributed by atoms with Gasteiger partial charge in [-0.05, 0) is 54.8 Å². The third-order valence-electron chi connectivity index (χ3n) is 3.61. The highest BCUT2D eigenvalue weighted by Crippen LogP contribution is 2.11. The maximum Gasteiger partial charge on any atom is 0.223 e. The number of hydrogen-bond donors (Lipinski definition) is 1. The summed E-state index contributed by atoms with van der Waals surface area (Å²) in [6.45, 7) is 2.79. The lowest BCUT2D eigenvalue weighted by molar-refractivity contribution is -0.124. The number of ether oxygens (including phenoxy) is 1. The van der Waals surface area contributed by atoms with Crippen molar-refractivity contribution < 1.29 is 18.3 Å². The summed E-state index contributed by atoms with van der Waals surface area (Å²) in [7, 11) is 0. The fourth-order valence-corrected chi connectivity index (χ4v) is 2.25. The van der Waals surface area contributed by atoms with Crippen LogP contribution in [0.4, 0.5) is 8.78 Å². The van der Waals surface area contributed by atoms with Gasteiger partial charge in [-0.1, -0.05) is 19.1 Å². The van der Waals surface area contributed by atoms with Gasteiger partial charge in [-0.25, -0.2) is 8.78 Å². The molecule has 1 N–H and O–H groups in total. The van der Waals surface area contributed by atoms with Crippen LogP contribution in [0.1, 0.15) is 18.9 Å². The molecular formula is C19H21F2NO2. The standard InChI is InChI=1S/C19H21F2NO2/c1-14(13-15-3-5-16(20)6-4-15)19(23)22-11-2-12-24-18-9-7-17(21)8-10-18/h3-10,14H,2,11-13H2,1H3,(H,22,23). The lowest BCUT2D eigenvalue weighted by Gasteiger charge is -2.12. The molecule has 0 spiro atoms. The topological polar surface area (TPSA) is 38.3 Å². The van der Waals surface area contributed by atoms with Crippen LogP contribution in [0.15, 0.2) is 48.5 Å². The number of carbonyl (C=O) groups is 1. The summed E-state index contributed by atoms with van der Waals surface area (Å²) in [4.78, 5) is 12.0. The van der Waals surface area contributed by atoms with Crippen molar-refractivity contribution >= 4 is 5.91 Å². The zero-order chi connectivity index (χ0) is 17.4. The Labute approximate surface area is 140 Å². The third kappa shape index (κ3) is 5.99. The van der Waals surface area contributed by atoms with E-state index in [9.17, 15) is 13.6 Å². The highest BCUT2D eigenvalue weighted by Gasteiger charge is 2.12. The second-order valence-electron chi connectivity index (χ2n) is 5.68. The molecular weight excluding hydrogens is 312 g/mol. The Hall–Kier alpha value is -2.43. The number of amides is 1. The number of halogens is 2. The molecule has 0 aliphatic carbocycles. The molecule has 0 aliphatic heterocycles. The molecule has 0 radical (unpaired) electrons. The normalized spacial score (nSPS) is 11.8. The van der Waals surface area contributed by atoms with Gasteiger partial charge in [-0.2, -0.15) is 0 Å². The van der Waals surface area contributed by atoms with E-state index in [1.165, 1.54) is 24.3 Å². The molecule has 0 heterocycles. The first-order valence-corrected chi connectivity index (χ1v) is 7.95.